The van der Waals surface area contributed by atoms with E-state index >= 15 is 0 Å². The van der Waals surface area contributed by atoms with Crippen LogP contribution in [0.4, 0.5) is 5.69 Å². The van der Waals surface area contributed by atoms with Gasteiger partial charge in [0.1, 0.15) is 5.70 Å². The van der Waals surface area contributed by atoms with Gasteiger partial charge in [-0.05, 0) is 42.0 Å². The molecule has 0 aromatic heterocycles. The first-order valence-corrected chi connectivity index (χ1v) is 10.8. The number of carbonyl (C=O) groups is 2. The highest BCUT2D eigenvalue weighted by Crippen LogP contribution is 2.37. The zero-order chi connectivity index (χ0) is 21.2. The summed E-state index contributed by atoms with van der Waals surface area (Å²) in [5.74, 6) is -0.401. The Balaban J connectivity index is 1.55. The zero-order valence-electron chi connectivity index (χ0n) is 17.3. The third-order valence-electron chi connectivity index (χ3n) is 6.05. The van der Waals surface area contributed by atoms with E-state index in [4.69, 9.17) is 0 Å². The van der Waals surface area contributed by atoms with Crippen LogP contribution in [0.2, 0.25) is 0 Å². The largest absolute Gasteiger partial charge is 0.336 e. The Morgan fingerprint density at radius 2 is 1.42 bits per heavy atom. The van der Waals surface area contributed by atoms with Gasteiger partial charge >= 0.3 is 0 Å². The summed E-state index contributed by atoms with van der Waals surface area (Å²) in [7, 11) is 0. The fourth-order valence-electron chi connectivity index (χ4n) is 4.53. The molecule has 2 heterocycles. The molecular formula is C27H24N2O2. The van der Waals surface area contributed by atoms with E-state index < -0.39 is 0 Å². The Labute approximate surface area is 182 Å². The van der Waals surface area contributed by atoms with Crippen LogP contribution in [0.3, 0.4) is 0 Å². The van der Waals surface area contributed by atoms with Crippen molar-refractivity contribution in [3.8, 4) is 0 Å². The number of aryl methyl sites for hydroxylation is 1. The number of carbonyl (C=O) groups excluding carboxylic acids is 2. The number of benzene rings is 3. The molecule has 0 unspecified atom stereocenters. The standard InChI is InChI=1S/C27H24N2O2/c30-26-24(22-13-5-2-6-14-22)25(28-18-9-15-21-12-7-8-16-23(21)28)27(31)29(26)19-17-20-10-3-1-4-11-20/h1-8,10-14,16H,9,15,17-19H2. The molecule has 3 aromatic carbocycles. The summed E-state index contributed by atoms with van der Waals surface area (Å²) in [5, 5.41) is 0. The lowest BCUT2D eigenvalue weighted by molar-refractivity contribution is -0.136. The predicted octanol–water partition coefficient (Wildman–Crippen LogP) is 4.46. The van der Waals surface area contributed by atoms with Crippen LogP contribution in [0.5, 0.6) is 0 Å². The predicted molar refractivity (Wildman–Crippen MR) is 122 cm³/mol. The molecule has 4 nitrogen and oxygen atoms in total. The minimum Gasteiger partial charge on any atom is -0.336 e. The molecule has 5 rings (SSSR count). The summed E-state index contributed by atoms with van der Waals surface area (Å²) in [6.07, 6.45) is 2.58. The minimum absolute atomic E-state index is 0.198. The number of rotatable bonds is 5. The third-order valence-corrected chi connectivity index (χ3v) is 6.05. The average molecular weight is 409 g/mol. The maximum absolute atomic E-state index is 13.6. The molecule has 0 saturated heterocycles. The lowest BCUT2D eigenvalue weighted by Crippen LogP contribution is -2.38. The Kier molecular flexibility index (Phi) is 5.13. The first-order chi connectivity index (χ1) is 15.2. The summed E-state index contributed by atoms with van der Waals surface area (Å²) in [5.41, 5.74) is 5.17. The van der Waals surface area contributed by atoms with E-state index in [2.05, 4.69) is 17.0 Å². The van der Waals surface area contributed by atoms with Crippen molar-refractivity contribution >= 4 is 23.1 Å². The SMILES string of the molecule is O=C1C(c2ccccc2)=C(N2CCCc3ccccc32)C(=O)N1CCc1ccccc1. The van der Waals surface area contributed by atoms with Gasteiger partial charge in [0, 0.05) is 18.8 Å². The topological polar surface area (TPSA) is 40.6 Å². The molecule has 2 aliphatic heterocycles. The van der Waals surface area contributed by atoms with Crippen LogP contribution in [0, 0.1) is 0 Å². The van der Waals surface area contributed by atoms with Gasteiger partial charge in [0.2, 0.25) is 0 Å². The highest BCUT2D eigenvalue weighted by Gasteiger charge is 2.42. The van der Waals surface area contributed by atoms with E-state index in [0.717, 1.165) is 36.2 Å². The second-order valence-electron chi connectivity index (χ2n) is 7.97. The van der Waals surface area contributed by atoms with E-state index in [1.54, 1.807) is 0 Å². The van der Waals surface area contributed by atoms with Crippen LogP contribution >= 0.6 is 0 Å². The number of nitrogens with zero attached hydrogens (tertiary/aromatic N) is 2. The molecule has 4 heteroatoms. The van der Waals surface area contributed by atoms with Gasteiger partial charge in [-0.3, -0.25) is 14.5 Å². The number of amides is 2. The Morgan fingerprint density at radius 3 is 2.19 bits per heavy atom. The molecular weight excluding hydrogens is 384 g/mol. The van der Waals surface area contributed by atoms with Gasteiger partial charge in [-0.15, -0.1) is 0 Å². The first-order valence-electron chi connectivity index (χ1n) is 10.8. The van der Waals surface area contributed by atoms with Crippen molar-refractivity contribution in [2.75, 3.05) is 18.0 Å². The van der Waals surface area contributed by atoms with Crippen molar-refractivity contribution in [2.45, 2.75) is 19.3 Å². The number of anilines is 1. The van der Waals surface area contributed by atoms with Crippen LogP contribution in [-0.4, -0.2) is 29.8 Å². The number of imide groups is 1. The first kappa shape index (κ1) is 19.3. The second kappa shape index (κ2) is 8.23. The molecule has 0 aliphatic carbocycles. The average Bonchev–Trinajstić information content (AvgIpc) is 3.08. The maximum atomic E-state index is 13.6. The van der Waals surface area contributed by atoms with E-state index in [1.165, 1.54) is 10.5 Å². The quantitative estimate of drug-likeness (QED) is 0.585. The highest BCUT2D eigenvalue weighted by molar-refractivity contribution is 6.36. The van der Waals surface area contributed by atoms with Crippen molar-refractivity contribution in [3.05, 3.63) is 107 Å². The molecule has 0 atom stereocenters. The Morgan fingerprint density at radius 1 is 0.742 bits per heavy atom. The lowest BCUT2D eigenvalue weighted by Gasteiger charge is -2.32. The molecule has 0 saturated carbocycles. The fraction of sp³-hybridized carbons (Fsp3) is 0.185. The zero-order valence-corrected chi connectivity index (χ0v) is 17.3. The molecule has 0 bridgehead atoms. The molecule has 2 amide bonds. The number of para-hydroxylation sites is 1. The second-order valence-corrected chi connectivity index (χ2v) is 7.97. The maximum Gasteiger partial charge on any atom is 0.278 e. The molecule has 31 heavy (non-hydrogen) atoms. The molecule has 3 aromatic rings. The van der Waals surface area contributed by atoms with Gasteiger partial charge in [-0.1, -0.05) is 78.9 Å². The van der Waals surface area contributed by atoms with Gasteiger partial charge in [0.25, 0.3) is 11.8 Å². The molecule has 154 valence electrons. The van der Waals surface area contributed by atoms with E-state index in [0.29, 0.717) is 24.2 Å². The van der Waals surface area contributed by atoms with Crippen molar-refractivity contribution in [2.24, 2.45) is 0 Å². The van der Waals surface area contributed by atoms with Gasteiger partial charge < -0.3 is 4.90 Å². The Bertz CT molecular complexity index is 1150. The highest BCUT2D eigenvalue weighted by atomic mass is 16.2. The van der Waals surface area contributed by atoms with Crippen molar-refractivity contribution in [1.29, 1.82) is 0 Å². The van der Waals surface area contributed by atoms with Crippen molar-refractivity contribution in [3.63, 3.8) is 0 Å². The van der Waals surface area contributed by atoms with Crippen LogP contribution in [0.1, 0.15) is 23.1 Å². The summed E-state index contributed by atoms with van der Waals surface area (Å²) >= 11 is 0. The van der Waals surface area contributed by atoms with Gasteiger partial charge in [-0.2, -0.15) is 0 Å². The smallest absolute Gasteiger partial charge is 0.278 e. The number of hydrogen-bond donors (Lipinski definition) is 0. The summed E-state index contributed by atoms with van der Waals surface area (Å²) in [4.78, 5) is 30.6. The van der Waals surface area contributed by atoms with Crippen LogP contribution in [0.25, 0.3) is 5.57 Å². The van der Waals surface area contributed by atoms with Crippen molar-refractivity contribution < 1.29 is 9.59 Å². The van der Waals surface area contributed by atoms with Crippen LogP contribution in [-0.2, 0) is 22.4 Å². The summed E-state index contributed by atoms with van der Waals surface area (Å²) < 4.78 is 0. The molecule has 2 aliphatic rings. The van der Waals surface area contributed by atoms with Gasteiger partial charge in [0.05, 0.1) is 5.57 Å². The number of fused-ring (bicyclic) bond motifs is 1. The van der Waals surface area contributed by atoms with E-state index in [1.807, 2.05) is 72.8 Å². The molecule has 0 radical (unpaired) electrons. The van der Waals surface area contributed by atoms with Crippen LogP contribution < -0.4 is 4.90 Å². The Hall–Kier alpha value is -3.66. The number of hydrogen-bond acceptors (Lipinski definition) is 3. The summed E-state index contributed by atoms with van der Waals surface area (Å²) in [6, 6.07) is 27.7. The minimum atomic E-state index is -0.204. The fourth-order valence-corrected chi connectivity index (χ4v) is 4.53. The molecule has 0 fully saturated rings. The van der Waals surface area contributed by atoms with Gasteiger partial charge in [0.15, 0.2) is 0 Å². The van der Waals surface area contributed by atoms with Crippen molar-refractivity contribution in [1.82, 2.24) is 4.90 Å². The van der Waals surface area contributed by atoms with Crippen LogP contribution in [0.15, 0.2) is 90.6 Å². The normalized spacial score (nSPS) is 16.1. The lowest BCUT2D eigenvalue weighted by atomic mass is 9.98. The third kappa shape index (κ3) is 3.55. The monoisotopic (exact) mass is 408 g/mol. The van der Waals surface area contributed by atoms with E-state index in [9.17, 15) is 9.59 Å². The van der Waals surface area contributed by atoms with Gasteiger partial charge in [-0.25, -0.2) is 0 Å². The molecule has 0 N–H and O–H groups in total. The van der Waals surface area contributed by atoms with E-state index in [-0.39, 0.29) is 11.8 Å². The summed E-state index contributed by atoms with van der Waals surface area (Å²) in [6.45, 7) is 1.10. The molecule has 0 spiro atoms.